The summed E-state index contributed by atoms with van der Waals surface area (Å²) in [5, 5.41) is 0.719. The van der Waals surface area contributed by atoms with E-state index in [2.05, 4.69) is 21.9 Å². The summed E-state index contributed by atoms with van der Waals surface area (Å²) in [7, 11) is 0. The monoisotopic (exact) mass is 426 g/mol. The fraction of sp³-hybridized carbons (Fsp3) is 0.458. The molecule has 2 fully saturated rings. The van der Waals surface area contributed by atoms with Gasteiger partial charge in [-0.15, -0.1) is 0 Å². The molecule has 0 unspecified atom stereocenters. The smallest absolute Gasteiger partial charge is 0.233 e. The molecule has 0 N–H and O–H groups in total. The molecule has 158 valence electrons. The zero-order valence-electron chi connectivity index (χ0n) is 17.1. The maximum absolute atomic E-state index is 13.6. The molecule has 2 aromatic carbocycles. The zero-order chi connectivity index (χ0) is 20.6. The molecule has 0 aromatic heterocycles. The van der Waals surface area contributed by atoms with Crippen LogP contribution in [0.25, 0.3) is 0 Å². The number of rotatable bonds is 4. The van der Waals surface area contributed by atoms with Crippen molar-refractivity contribution >= 4 is 17.5 Å². The molecule has 0 radical (unpaired) electrons. The van der Waals surface area contributed by atoms with E-state index in [1.54, 1.807) is 0 Å². The first-order chi connectivity index (χ1) is 14.6. The molecular weight excluding hydrogens is 400 g/mol. The minimum atomic E-state index is -0.371. The number of fused-ring (bicyclic) bond motifs is 1. The second kappa shape index (κ2) is 8.12. The first kappa shape index (κ1) is 19.7. The lowest BCUT2D eigenvalue weighted by atomic mass is 9.77. The lowest BCUT2D eigenvalue weighted by Gasteiger charge is -2.40. The van der Waals surface area contributed by atoms with Crippen LogP contribution in [-0.2, 0) is 16.8 Å². The van der Waals surface area contributed by atoms with Crippen LogP contribution in [0.1, 0.15) is 36.8 Å². The molecule has 0 spiro atoms. The Labute approximate surface area is 182 Å². The highest BCUT2D eigenvalue weighted by molar-refractivity contribution is 6.30. The molecule has 2 heterocycles. The van der Waals surface area contributed by atoms with Gasteiger partial charge < -0.3 is 14.4 Å². The Morgan fingerprint density at radius 3 is 2.37 bits per heavy atom. The highest BCUT2D eigenvalue weighted by atomic mass is 35.5. The first-order valence-corrected chi connectivity index (χ1v) is 11.2. The summed E-state index contributed by atoms with van der Waals surface area (Å²) < 4.78 is 10.9. The number of ether oxygens (including phenoxy) is 2. The van der Waals surface area contributed by atoms with Crippen molar-refractivity contribution in [3.05, 3.63) is 58.6 Å². The van der Waals surface area contributed by atoms with E-state index >= 15 is 0 Å². The molecular formula is C24H27ClN2O3. The van der Waals surface area contributed by atoms with Crippen molar-refractivity contribution in [2.24, 2.45) is 0 Å². The van der Waals surface area contributed by atoms with Gasteiger partial charge in [-0.05, 0) is 48.2 Å². The second-order valence-electron chi connectivity index (χ2n) is 8.55. The van der Waals surface area contributed by atoms with Crippen molar-refractivity contribution in [1.29, 1.82) is 0 Å². The van der Waals surface area contributed by atoms with Gasteiger partial charge in [0.25, 0.3) is 0 Å². The number of carbonyl (C=O) groups is 1. The van der Waals surface area contributed by atoms with Crippen molar-refractivity contribution in [3.8, 4) is 11.5 Å². The number of piperazine rings is 1. The number of nitrogens with zero attached hydrogens (tertiary/aromatic N) is 2. The van der Waals surface area contributed by atoms with Gasteiger partial charge >= 0.3 is 0 Å². The number of benzene rings is 2. The molecule has 3 aliphatic rings. The maximum atomic E-state index is 13.6. The molecule has 0 bridgehead atoms. The van der Waals surface area contributed by atoms with Crippen LogP contribution in [0.3, 0.4) is 0 Å². The Kier molecular flexibility index (Phi) is 5.34. The van der Waals surface area contributed by atoms with Gasteiger partial charge in [-0.3, -0.25) is 9.69 Å². The summed E-state index contributed by atoms with van der Waals surface area (Å²) in [6.45, 7) is 4.49. The Balaban J connectivity index is 1.24. The van der Waals surface area contributed by atoms with Gasteiger partial charge in [0.15, 0.2) is 11.5 Å². The first-order valence-electron chi connectivity index (χ1n) is 10.8. The molecule has 2 aromatic rings. The van der Waals surface area contributed by atoms with Crippen molar-refractivity contribution in [1.82, 2.24) is 9.80 Å². The Morgan fingerprint density at radius 2 is 1.63 bits per heavy atom. The SMILES string of the molecule is O=C(N1CCN(Cc2ccc3c(c2)OCO3)CC1)C1(c2ccc(Cl)cc2)CCCC1. The predicted molar refractivity (Wildman–Crippen MR) is 116 cm³/mol. The molecule has 2 aliphatic heterocycles. The van der Waals surface area contributed by atoms with E-state index in [1.165, 1.54) is 5.56 Å². The van der Waals surface area contributed by atoms with Crippen LogP contribution in [0.15, 0.2) is 42.5 Å². The fourth-order valence-corrected chi connectivity index (χ4v) is 5.21. The van der Waals surface area contributed by atoms with Gasteiger partial charge in [0.1, 0.15) is 0 Å². The lowest BCUT2D eigenvalue weighted by Crippen LogP contribution is -2.53. The van der Waals surface area contributed by atoms with Crippen LogP contribution in [-0.4, -0.2) is 48.7 Å². The minimum Gasteiger partial charge on any atom is -0.454 e. The summed E-state index contributed by atoms with van der Waals surface area (Å²) in [5.74, 6) is 1.94. The summed E-state index contributed by atoms with van der Waals surface area (Å²) in [6, 6.07) is 14.0. The summed E-state index contributed by atoms with van der Waals surface area (Å²) in [4.78, 5) is 18.1. The second-order valence-corrected chi connectivity index (χ2v) is 8.99. The summed E-state index contributed by atoms with van der Waals surface area (Å²) in [5.41, 5.74) is 1.97. The number of amides is 1. The van der Waals surface area contributed by atoms with Crippen LogP contribution < -0.4 is 9.47 Å². The molecule has 1 amide bonds. The Morgan fingerprint density at radius 1 is 0.933 bits per heavy atom. The summed E-state index contributed by atoms with van der Waals surface area (Å²) in [6.07, 6.45) is 4.09. The standard InChI is InChI=1S/C24H27ClN2O3/c25-20-6-4-19(5-7-20)24(9-1-2-10-24)23(28)27-13-11-26(12-14-27)16-18-3-8-21-22(15-18)30-17-29-21/h3-8,15H,1-2,9-14,16-17H2. The number of halogens is 1. The van der Waals surface area contributed by atoms with E-state index in [0.29, 0.717) is 12.7 Å². The Bertz CT molecular complexity index is 917. The molecule has 1 saturated heterocycles. The topological polar surface area (TPSA) is 42.0 Å². The van der Waals surface area contributed by atoms with Crippen LogP contribution in [0, 0.1) is 0 Å². The van der Waals surface area contributed by atoms with Crippen LogP contribution >= 0.6 is 11.6 Å². The van der Waals surface area contributed by atoms with Crippen molar-refractivity contribution in [2.45, 2.75) is 37.6 Å². The normalized spacial score (nSPS) is 20.5. The molecule has 1 aliphatic carbocycles. The van der Waals surface area contributed by atoms with E-state index in [4.69, 9.17) is 21.1 Å². The van der Waals surface area contributed by atoms with Crippen LogP contribution in [0.5, 0.6) is 11.5 Å². The highest BCUT2D eigenvalue weighted by Crippen LogP contribution is 2.43. The van der Waals surface area contributed by atoms with Gasteiger partial charge in [0.05, 0.1) is 5.41 Å². The van der Waals surface area contributed by atoms with E-state index in [-0.39, 0.29) is 5.41 Å². The lowest BCUT2D eigenvalue weighted by molar-refractivity contribution is -0.139. The van der Waals surface area contributed by atoms with Crippen LogP contribution in [0.4, 0.5) is 0 Å². The third-order valence-electron chi connectivity index (χ3n) is 6.77. The largest absolute Gasteiger partial charge is 0.454 e. The van der Waals surface area contributed by atoms with E-state index < -0.39 is 0 Å². The molecule has 30 heavy (non-hydrogen) atoms. The van der Waals surface area contributed by atoms with Gasteiger partial charge in [0.2, 0.25) is 12.7 Å². The quantitative estimate of drug-likeness (QED) is 0.733. The molecule has 6 heteroatoms. The molecule has 1 saturated carbocycles. The van der Waals surface area contributed by atoms with Gasteiger partial charge in [-0.2, -0.15) is 0 Å². The Hall–Kier alpha value is -2.24. The highest BCUT2D eigenvalue weighted by Gasteiger charge is 2.45. The average molecular weight is 427 g/mol. The van der Waals surface area contributed by atoms with Crippen LogP contribution in [0.2, 0.25) is 5.02 Å². The molecule has 5 nitrogen and oxygen atoms in total. The average Bonchev–Trinajstić information content (AvgIpc) is 3.44. The zero-order valence-corrected chi connectivity index (χ0v) is 17.9. The van der Waals surface area contributed by atoms with E-state index in [0.717, 1.165) is 80.5 Å². The predicted octanol–water partition coefficient (Wildman–Crippen LogP) is 4.22. The summed E-state index contributed by atoms with van der Waals surface area (Å²) >= 11 is 6.09. The number of hydrogen-bond donors (Lipinski definition) is 0. The number of hydrogen-bond acceptors (Lipinski definition) is 4. The van der Waals surface area contributed by atoms with Gasteiger partial charge in [-0.1, -0.05) is 42.6 Å². The maximum Gasteiger partial charge on any atom is 0.233 e. The van der Waals surface area contributed by atoms with Crippen molar-refractivity contribution in [2.75, 3.05) is 33.0 Å². The molecule has 5 rings (SSSR count). The third-order valence-corrected chi connectivity index (χ3v) is 7.02. The van der Waals surface area contributed by atoms with Gasteiger partial charge in [-0.25, -0.2) is 0 Å². The van der Waals surface area contributed by atoms with Gasteiger partial charge in [0, 0.05) is 37.7 Å². The van der Waals surface area contributed by atoms with E-state index in [1.807, 2.05) is 30.3 Å². The third kappa shape index (κ3) is 3.65. The molecule has 0 atom stereocenters. The van der Waals surface area contributed by atoms with Crippen molar-refractivity contribution in [3.63, 3.8) is 0 Å². The fourth-order valence-electron chi connectivity index (χ4n) is 5.08. The van der Waals surface area contributed by atoms with Crippen molar-refractivity contribution < 1.29 is 14.3 Å². The minimum absolute atomic E-state index is 0.296. The number of carbonyl (C=O) groups excluding carboxylic acids is 1. The van der Waals surface area contributed by atoms with E-state index in [9.17, 15) is 4.79 Å².